The van der Waals surface area contributed by atoms with Crippen LogP contribution in [0.15, 0.2) is 30.3 Å². The molecule has 0 saturated heterocycles. The molecule has 0 heterocycles. The molecule has 1 radical (unpaired) electrons. The molecule has 0 aromatic heterocycles. The summed E-state index contributed by atoms with van der Waals surface area (Å²) in [5, 5.41) is 0. The lowest BCUT2D eigenvalue weighted by Crippen LogP contribution is -2.29. The van der Waals surface area contributed by atoms with E-state index in [4.69, 9.17) is 0 Å². The number of rotatable bonds is 3. The van der Waals surface area contributed by atoms with Crippen molar-refractivity contribution in [2.45, 2.75) is 19.6 Å². The van der Waals surface area contributed by atoms with Gasteiger partial charge in [-0.05, 0) is 12.6 Å². The molecule has 0 spiro atoms. The number of hydrogen-bond donors (Lipinski definition) is 0. The quantitative estimate of drug-likeness (QED) is 0.642. The normalized spacial score (nSPS) is 11.1. The number of hydrogen-bond acceptors (Lipinski definition) is 1. The lowest BCUT2D eigenvalue weighted by Gasteiger charge is -2.19. The van der Waals surface area contributed by atoms with Crippen LogP contribution in [-0.2, 0) is 6.54 Å². The fourth-order valence-electron chi connectivity index (χ4n) is 1.02. The summed E-state index contributed by atoms with van der Waals surface area (Å²) in [6.45, 7) is 5.71. The third-order valence-corrected chi connectivity index (χ3v) is 3.71. The summed E-state index contributed by atoms with van der Waals surface area (Å²) in [4.78, 5) is 0. The minimum Gasteiger partial charge on any atom is -0.323 e. The Morgan fingerprint density at radius 1 is 1.17 bits per heavy atom. The van der Waals surface area contributed by atoms with Crippen LogP contribution in [0.3, 0.4) is 0 Å². The van der Waals surface area contributed by atoms with Crippen LogP contribution in [0.1, 0.15) is 5.56 Å². The molecule has 0 fully saturated rings. The molecule has 65 valence electrons. The standard InChI is InChI=1S/C10H16NSi/c1-11(12(2)3)9-10-7-5-4-6-8-10/h4-8H,9H2,1-3H3. The molecule has 0 aliphatic heterocycles. The van der Waals surface area contributed by atoms with Gasteiger partial charge >= 0.3 is 0 Å². The zero-order valence-electron chi connectivity index (χ0n) is 8.04. The average molecular weight is 178 g/mol. The minimum absolute atomic E-state index is 0.277. The molecule has 2 heteroatoms. The van der Waals surface area contributed by atoms with Crippen LogP contribution >= 0.6 is 0 Å². The van der Waals surface area contributed by atoms with Crippen LogP contribution in [0.25, 0.3) is 0 Å². The van der Waals surface area contributed by atoms with Crippen molar-refractivity contribution in [2.75, 3.05) is 7.05 Å². The molecular weight excluding hydrogens is 162 g/mol. The van der Waals surface area contributed by atoms with E-state index < -0.39 is 0 Å². The molecule has 0 unspecified atom stereocenters. The van der Waals surface area contributed by atoms with E-state index in [1.54, 1.807) is 0 Å². The van der Waals surface area contributed by atoms with Crippen LogP contribution in [0.4, 0.5) is 0 Å². The molecular formula is C10H16NSi. The molecule has 0 bridgehead atoms. The number of nitrogens with zero attached hydrogens (tertiary/aromatic N) is 1. The molecule has 1 rings (SSSR count). The summed E-state index contributed by atoms with van der Waals surface area (Å²) in [6, 6.07) is 10.6. The van der Waals surface area contributed by atoms with Crippen molar-refractivity contribution in [1.29, 1.82) is 0 Å². The Bertz CT molecular complexity index is 221. The van der Waals surface area contributed by atoms with Crippen molar-refractivity contribution in [2.24, 2.45) is 0 Å². The maximum absolute atomic E-state index is 2.43. The molecule has 0 aliphatic rings. The van der Waals surface area contributed by atoms with Gasteiger partial charge in [0.05, 0.1) is 0 Å². The van der Waals surface area contributed by atoms with Gasteiger partial charge in [0, 0.05) is 6.54 Å². The second kappa shape index (κ2) is 4.43. The van der Waals surface area contributed by atoms with Crippen molar-refractivity contribution in [3.05, 3.63) is 35.9 Å². The Kier molecular flexibility index (Phi) is 3.50. The van der Waals surface area contributed by atoms with E-state index in [0.29, 0.717) is 0 Å². The van der Waals surface area contributed by atoms with Gasteiger partial charge in [0.2, 0.25) is 0 Å². The zero-order chi connectivity index (χ0) is 8.97. The molecule has 0 N–H and O–H groups in total. The van der Waals surface area contributed by atoms with Crippen LogP contribution in [0.2, 0.25) is 13.1 Å². The lowest BCUT2D eigenvalue weighted by atomic mass is 10.2. The Morgan fingerprint density at radius 2 is 1.75 bits per heavy atom. The first kappa shape index (κ1) is 9.48. The SMILES string of the molecule is CN(Cc1ccccc1)[Si](C)C. The molecule has 0 aliphatic carbocycles. The van der Waals surface area contributed by atoms with E-state index >= 15 is 0 Å². The van der Waals surface area contributed by atoms with Crippen molar-refractivity contribution >= 4 is 8.96 Å². The van der Waals surface area contributed by atoms with Crippen molar-refractivity contribution < 1.29 is 0 Å². The van der Waals surface area contributed by atoms with Gasteiger partial charge in [-0.15, -0.1) is 0 Å². The van der Waals surface area contributed by atoms with E-state index in [-0.39, 0.29) is 8.96 Å². The molecule has 12 heavy (non-hydrogen) atoms. The van der Waals surface area contributed by atoms with Gasteiger partial charge in [-0.1, -0.05) is 43.4 Å². The van der Waals surface area contributed by atoms with Crippen molar-refractivity contribution in [3.8, 4) is 0 Å². The summed E-state index contributed by atoms with van der Waals surface area (Å²) in [6.07, 6.45) is 0. The number of benzene rings is 1. The monoisotopic (exact) mass is 178 g/mol. The zero-order valence-corrected chi connectivity index (χ0v) is 9.04. The van der Waals surface area contributed by atoms with Gasteiger partial charge in [-0.2, -0.15) is 0 Å². The first-order chi connectivity index (χ1) is 5.70. The van der Waals surface area contributed by atoms with Gasteiger partial charge in [0.15, 0.2) is 0 Å². The van der Waals surface area contributed by atoms with Crippen LogP contribution < -0.4 is 0 Å². The van der Waals surface area contributed by atoms with Crippen molar-refractivity contribution in [1.82, 2.24) is 4.57 Å². The molecule has 0 saturated carbocycles. The fourth-order valence-corrected chi connectivity index (χ4v) is 1.51. The molecule has 0 atom stereocenters. The van der Waals surface area contributed by atoms with Crippen LogP contribution in [0.5, 0.6) is 0 Å². The highest BCUT2D eigenvalue weighted by Crippen LogP contribution is 2.03. The Morgan fingerprint density at radius 3 is 2.25 bits per heavy atom. The molecule has 0 amide bonds. The predicted molar refractivity (Wildman–Crippen MR) is 55.4 cm³/mol. The summed E-state index contributed by atoms with van der Waals surface area (Å²) < 4.78 is 2.43. The van der Waals surface area contributed by atoms with E-state index in [1.807, 2.05) is 0 Å². The van der Waals surface area contributed by atoms with Crippen LogP contribution in [0, 0.1) is 0 Å². The third kappa shape index (κ3) is 2.79. The Balaban J connectivity index is 2.53. The highest BCUT2D eigenvalue weighted by Gasteiger charge is 2.04. The van der Waals surface area contributed by atoms with Gasteiger partial charge in [-0.25, -0.2) is 0 Å². The predicted octanol–water partition coefficient (Wildman–Crippen LogP) is 2.37. The van der Waals surface area contributed by atoms with E-state index in [0.717, 1.165) is 6.54 Å². The molecule has 1 aromatic rings. The summed E-state index contributed by atoms with van der Waals surface area (Å²) >= 11 is 0. The highest BCUT2D eigenvalue weighted by atomic mass is 28.3. The van der Waals surface area contributed by atoms with Gasteiger partial charge in [0.1, 0.15) is 8.96 Å². The minimum atomic E-state index is -0.277. The Labute approximate surface area is 76.7 Å². The lowest BCUT2D eigenvalue weighted by molar-refractivity contribution is 0.520. The van der Waals surface area contributed by atoms with E-state index in [1.165, 1.54) is 5.56 Å². The second-order valence-electron chi connectivity index (χ2n) is 3.29. The molecule has 1 aromatic carbocycles. The summed E-state index contributed by atoms with van der Waals surface area (Å²) in [5.41, 5.74) is 1.41. The van der Waals surface area contributed by atoms with Crippen LogP contribution in [-0.4, -0.2) is 20.6 Å². The molecule has 1 nitrogen and oxygen atoms in total. The maximum Gasteiger partial charge on any atom is 0.129 e. The second-order valence-corrected chi connectivity index (χ2v) is 5.95. The first-order valence-electron chi connectivity index (χ1n) is 4.25. The average Bonchev–Trinajstić information content (AvgIpc) is 2.06. The smallest absolute Gasteiger partial charge is 0.129 e. The first-order valence-corrected chi connectivity index (χ1v) is 6.70. The summed E-state index contributed by atoms with van der Waals surface area (Å²) in [5.74, 6) is 0. The van der Waals surface area contributed by atoms with Crippen molar-refractivity contribution in [3.63, 3.8) is 0 Å². The van der Waals surface area contributed by atoms with E-state index in [9.17, 15) is 0 Å². The topological polar surface area (TPSA) is 3.24 Å². The largest absolute Gasteiger partial charge is 0.323 e. The highest BCUT2D eigenvalue weighted by molar-refractivity contribution is 6.52. The van der Waals surface area contributed by atoms with Gasteiger partial charge in [0.25, 0.3) is 0 Å². The Hall–Kier alpha value is -0.603. The summed E-state index contributed by atoms with van der Waals surface area (Å²) in [7, 11) is 1.92. The third-order valence-electron chi connectivity index (χ3n) is 2.03. The maximum atomic E-state index is 2.43. The van der Waals surface area contributed by atoms with E-state index in [2.05, 4.69) is 55.0 Å². The van der Waals surface area contributed by atoms with Gasteiger partial charge < -0.3 is 4.57 Å². The van der Waals surface area contributed by atoms with Gasteiger partial charge in [-0.3, -0.25) is 0 Å². The fraction of sp³-hybridized carbons (Fsp3) is 0.400.